The van der Waals surface area contributed by atoms with Crippen molar-refractivity contribution in [3.05, 3.63) is 11.6 Å². The van der Waals surface area contributed by atoms with Crippen LogP contribution in [0.3, 0.4) is 0 Å². The lowest BCUT2D eigenvalue weighted by atomic mass is 9.88. The van der Waals surface area contributed by atoms with Crippen molar-refractivity contribution in [2.75, 3.05) is 6.54 Å². The maximum atomic E-state index is 8.67. The summed E-state index contributed by atoms with van der Waals surface area (Å²) < 4.78 is 2.24. The van der Waals surface area contributed by atoms with E-state index < -0.39 is 0 Å². The van der Waals surface area contributed by atoms with Gasteiger partial charge in [-0.15, -0.1) is 10.2 Å². The van der Waals surface area contributed by atoms with E-state index >= 15 is 0 Å². The minimum atomic E-state index is 0.137. The third kappa shape index (κ3) is 3.32. The molecule has 1 aliphatic rings. The molecule has 0 saturated heterocycles. The monoisotopic (exact) mass is 261 g/mol. The Bertz CT molecular complexity index is 469. The average Bonchev–Trinajstić information content (AvgIpc) is 2.96. The van der Waals surface area contributed by atoms with E-state index in [1.54, 1.807) is 0 Å². The Morgan fingerprint density at radius 2 is 2.26 bits per heavy atom. The van der Waals surface area contributed by atoms with Crippen LogP contribution in [-0.4, -0.2) is 21.3 Å². The van der Waals surface area contributed by atoms with Crippen LogP contribution in [0.25, 0.3) is 0 Å². The Balaban J connectivity index is 1.91. The first-order valence-electron chi connectivity index (χ1n) is 7.06. The molecule has 0 amide bonds. The molecule has 19 heavy (non-hydrogen) atoms. The molecule has 104 valence electrons. The van der Waals surface area contributed by atoms with Gasteiger partial charge >= 0.3 is 0 Å². The van der Waals surface area contributed by atoms with E-state index in [1.165, 1.54) is 6.42 Å². The van der Waals surface area contributed by atoms with E-state index in [9.17, 15) is 0 Å². The zero-order valence-corrected chi connectivity index (χ0v) is 12.1. The second-order valence-corrected chi connectivity index (χ2v) is 6.15. The van der Waals surface area contributed by atoms with E-state index in [0.717, 1.165) is 37.6 Å². The van der Waals surface area contributed by atoms with Crippen molar-refractivity contribution in [2.24, 2.45) is 5.41 Å². The highest BCUT2D eigenvalue weighted by atomic mass is 15.3. The number of aryl methyl sites for hydroxylation is 1. The van der Waals surface area contributed by atoms with Gasteiger partial charge in [0, 0.05) is 25.9 Å². The van der Waals surface area contributed by atoms with E-state index in [-0.39, 0.29) is 11.5 Å². The fraction of sp³-hybridized carbons (Fsp3) is 0.786. The standard InChI is InChI=1S/C14H23N5/c1-11(16-10-14(2,3)7-5-8-15)13-18-17-12-6-4-9-19(12)13/h11,16H,4-7,9-10H2,1-3H3. The third-order valence-corrected chi connectivity index (χ3v) is 3.83. The summed E-state index contributed by atoms with van der Waals surface area (Å²) in [6.45, 7) is 8.45. The average molecular weight is 261 g/mol. The molecule has 5 nitrogen and oxygen atoms in total. The highest BCUT2D eigenvalue weighted by Crippen LogP contribution is 2.23. The van der Waals surface area contributed by atoms with Crippen LogP contribution < -0.4 is 5.32 Å². The number of hydrogen-bond donors (Lipinski definition) is 1. The quantitative estimate of drug-likeness (QED) is 0.852. The number of fused-ring (bicyclic) bond motifs is 1. The molecule has 1 aromatic heterocycles. The Labute approximate surface area is 115 Å². The largest absolute Gasteiger partial charge is 0.314 e. The first-order chi connectivity index (χ1) is 9.03. The third-order valence-electron chi connectivity index (χ3n) is 3.83. The summed E-state index contributed by atoms with van der Waals surface area (Å²) >= 11 is 0. The Morgan fingerprint density at radius 3 is 3.00 bits per heavy atom. The van der Waals surface area contributed by atoms with Gasteiger partial charge in [0.15, 0.2) is 0 Å². The smallest absolute Gasteiger partial charge is 0.149 e. The predicted molar refractivity (Wildman–Crippen MR) is 73.4 cm³/mol. The van der Waals surface area contributed by atoms with Gasteiger partial charge < -0.3 is 9.88 Å². The van der Waals surface area contributed by atoms with Gasteiger partial charge in [-0.25, -0.2) is 0 Å². The van der Waals surface area contributed by atoms with Crippen LogP contribution in [0.4, 0.5) is 0 Å². The summed E-state index contributed by atoms with van der Waals surface area (Å²) in [5.41, 5.74) is 0.137. The first-order valence-corrected chi connectivity index (χ1v) is 7.06. The summed E-state index contributed by atoms with van der Waals surface area (Å²) in [4.78, 5) is 0. The van der Waals surface area contributed by atoms with Crippen LogP contribution in [0.5, 0.6) is 0 Å². The fourth-order valence-electron chi connectivity index (χ4n) is 2.50. The van der Waals surface area contributed by atoms with Crippen molar-refractivity contribution >= 4 is 0 Å². The van der Waals surface area contributed by atoms with E-state index in [4.69, 9.17) is 5.26 Å². The molecule has 2 heterocycles. The molecule has 0 radical (unpaired) electrons. The Hall–Kier alpha value is -1.41. The molecule has 5 heteroatoms. The highest BCUT2D eigenvalue weighted by molar-refractivity contribution is 5.04. The SMILES string of the molecule is CC(NCC(C)(C)CCC#N)c1nnc2n1CCC2. The van der Waals surface area contributed by atoms with Crippen LogP contribution in [0.15, 0.2) is 0 Å². The summed E-state index contributed by atoms with van der Waals surface area (Å²) in [5, 5.41) is 20.7. The Morgan fingerprint density at radius 1 is 1.47 bits per heavy atom. The van der Waals surface area contributed by atoms with Gasteiger partial charge in [-0.2, -0.15) is 5.26 Å². The number of hydrogen-bond acceptors (Lipinski definition) is 4. The molecule has 0 fully saturated rings. The molecule has 0 bridgehead atoms. The van der Waals surface area contributed by atoms with Gasteiger partial charge in [0.05, 0.1) is 12.1 Å². The summed E-state index contributed by atoms with van der Waals surface area (Å²) in [6.07, 6.45) is 3.76. The van der Waals surface area contributed by atoms with Gasteiger partial charge in [0.1, 0.15) is 11.6 Å². The lowest BCUT2D eigenvalue weighted by molar-refractivity contribution is 0.300. The number of aromatic nitrogens is 3. The maximum absolute atomic E-state index is 8.67. The zero-order valence-electron chi connectivity index (χ0n) is 12.1. The van der Waals surface area contributed by atoms with Gasteiger partial charge in [-0.3, -0.25) is 0 Å². The predicted octanol–water partition coefficient (Wildman–Crippen LogP) is 2.20. The highest BCUT2D eigenvalue weighted by Gasteiger charge is 2.23. The summed E-state index contributed by atoms with van der Waals surface area (Å²) in [5.74, 6) is 2.16. The molecule has 1 unspecified atom stereocenters. The van der Waals surface area contributed by atoms with Crippen LogP contribution in [0.2, 0.25) is 0 Å². The molecule has 2 rings (SSSR count). The Kier molecular flexibility index (Phi) is 4.20. The molecular weight excluding hydrogens is 238 g/mol. The molecule has 1 N–H and O–H groups in total. The molecule has 1 aliphatic heterocycles. The topological polar surface area (TPSA) is 66.5 Å². The van der Waals surface area contributed by atoms with Crippen LogP contribution in [-0.2, 0) is 13.0 Å². The minimum Gasteiger partial charge on any atom is -0.314 e. The zero-order chi connectivity index (χ0) is 13.9. The second-order valence-electron chi connectivity index (χ2n) is 6.15. The van der Waals surface area contributed by atoms with Gasteiger partial charge in [-0.1, -0.05) is 13.8 Å². The lowest BCUT2D eigenvalue weighted by Gasteiger charge is -2.26. The van der Waals surface area contributed by atoms with Gasteiger partial charge in [-0.05, 0) is 25.2 Å². The fourth-order valence-corrected chi connectivity index (χ4v) is 2.50. The number of nitrogens with zero attached hydrogens (tertiary/aromatic N) is 4. The van der Waals surface area contributed by atoms with Crippen molar-refractivity contribution in [1.29, 1.82) is 5.26 Å². The van der Waals surface area contributed by atoms with Crippen molar-refractivity contribution in [1.82, 2.24) is 20.1 Å². The maximum Gasteiger partial charge on any atom is 0.149 e. The lowest BCUT2D eigenvalue weighted by Crippen LogP contribution is -2.32. The minimum absolute atomic E-state index is 0.137. The van der Waals surface area contributed by atoms with Crippen molar-refractivity contribution in [2.45, 2.75) is 59.0 Å². The van der Waals surface area contributed by atoms with Crippen molar-refractivity contribution < 1.29 is 0 Å². The molecule has 0 aromatic carbocycles. The van der Waals surface area contributed by atoms with E-state index in [1.807, 2.05) is 0 Å². The van der Waals surface area contributed by atoms with E-state index in [2.05, 4.69) is 46.9 Å². The van der Waals surface area contributed by atoms with Gasteiger partial charge in [0.25, 0.3) is 0 Å². The summed E-state index contributed by atoms with van der Waals surface area (Å²) in [6, 6.07) is 2.43. The molecule has 1 aromatic rings. The molecule has 0 spiro atoms. The van der Waals surface area contributed by atoms with Crippen LogP contribution in [0.1, 0.15) is 57.7 Å². The van der Waals surface area contributed by atoms with Crippen LogP contribution >= 0.6 is 0 Å². The van der Waals surface area contributed by atoms with Crippen LogP contribution in [0, 0.1) is 16.7 Å². The van der Waals surface area contributed by atoms with E-state index in [0.29, 0.717) is 6.42 Å². The molecule has 0 aliphatic carbocycles. The van der Waals surface area contributed by atoms with Crippen molar-refractivity contribution in [3.63, 3.8) is 0 Å². The normalized spacial score (nSPS) is 16.1. The number of nitriles is 1. The first kappa shape index (κ1) is 14.0. The molecule has 1 atom stereocenters. The van der Waals surface area contributed by atoms with Gasteiger partial charge in [0.2, 0.25) is 0 Å². The summed E-state index contributed by atoms with van der Waals surface area (Å²) in [7, 11) is 0. The molecule has 0 saturated carbocycles. The number of nitrogens with one attached hydrogen (secondary N) is 1. The second kappa shape index (κ2) is 5.70. The van der Waals surface area contributed by atoms with Crippen molar-refractivity contribution in [3.8, 4) is 6.07 Å². The number of rotatable bonds is 6. The molecular formula is C14H23N5.